The smallest absolute Gasteiger partial charge is 0.289 e. The van der Waals surface area contributed by atoms with Gasteiger partial charge in [-0.1, -0.05) is 18.2 Å². The number of carbonyl (C=O) groups excluding carboxylic acids is 1. The van der Waals surface area contributed by atoms with Gasteiger partial charge < -0.3 is 0 Å². The molecule has 0 spiro atoms. The summed E-state index contributed by atoms with van der Waals surface area (Å²) in [6.07, 6.45) is -4.63. The molecular formula is C14H7BrF4O. The summed E-state index contributed by atoms with van der Waals surface area (Å²) in [5, 5.41) is 0. The number of alkyl halides is 3. The van der Waals surface area contributed by atoms with E-state index in [-0.39, 0.29) is 10.0 Å². The number of rotatable bonds is 2. The Bertz CT molecular complexity index is 664. The summed E-state index contributed by atoms with van der Waals surface area (Å²) in [5.74, 6) is -1.40. The van der Waals surface area contributed by atoms with Crippen LogP contribution < -0.4 is 0 Å². The van der Waals surface area contributed by atoms with Crippen molar-refractivity contribution < 1.29 is 22.4 Å². The molecule has 0 fully saturated rings. The molecule has 1 nitrogen and oxygen atoms in total. The number of hydrogen-bond acceptors (Lipinski definition) is 1. The minimum absolute atomic E-state index is 0.0249. The Morgan fingerprint density at radius 3 is 2.25 bits per heavy atom. The van der Waals surface area contributed by atoms with E-state index in [4.69, 9.17) is 0 Å². The van der Waals surface area contributed by atoms with Crippen molar-refractivity contribution in [3.63, 3.8) is 0 Å². The molecule has 0 saturated carbocycles. The van der Waals surface area contributed by atoms with Gasteiger partial charge in [0.05, 0.1) is 5.56 Å². The molecule has 0 heterocycles. The van der Waals surface area contributed by atoms with Crippen molar-refractivity contribution in [2.45, 2.75) is 6.18 Å². The van der Waals surface area contributed by atoms with E-state index in [9.17, 15) is 22.4 Å². The van der Waals surface area contributed by atoms with Gasteiger partial charge in [-0.25, -0.2) is 4.39 Å². The molecule has 104 valence electrons. The van der Waals surface area contributed by atoms with E-state index in [1.165, 1.54) is 12.1 Å². The topological polar surface area (TPSA) is 17.1 Å². The lowest BCUT2D eigenvalue weighted by molar-refractivity contribution is -0.137. The summed E-state index contributed by atoms with van der Waals surface area (Å²) in [7, 11) is 0. The maximum atomic E-state index is 13.0. The molecule has 2 aromatic rings. The van der Waals surface area contributed by atoms with E-state index in [1.807, 2.05) is 0 Å². The second-order valence-electron chi connectivity index (χ2n) is 4.00. The van der Waals surface area contributed by atoms with Crippen molar-refractivity contribution in [1.29, 1.82) is 0 Å². The van der Waals surface area contributed by atoms with Crippen molar-refractivity contribution in [2.75, 3.05) is 0 Å². The predicted octanol–water partition coefficient (Wildman–Crippen LogP) is 4.84. The highest BCUT2D eigenvalue weighted by atomic mass is 79.9. The highest BCUT2D eigenvalue weighted by Crippen LogP contribution is 2.33. The molecule has 0 atom stereocenters. The third kappa shape index (κ3) is 2.90. The summed E-state index contributed by atoms with van der Waals surface area (Å²) >= 11 is 2.98. The van der Waals surface area contributed by atoms with Crippen molar-refractivity contribution in [1.82, 2.24) is 0 Å². The van der Waals surface area contributed by atoms with Crippen LogP contribution in [0.4, 0.5) is 17.6 Å². The first-order valence-corrected chi connectivity index (χ1v) is 6.26. The van der Waals surface area contributed by atoms with Gasteiger partial charge in [0, 0.05) is 15.6 Å². The van der Waals surface area contributed by atoms with E-state index in [2.05, 4.69) is 15.9 Å². The number of ketones is 1. The molecule has 6 heteroatoms. The van der Waals surface area contributed by atoms with Crippen LogP contribution in [0.15, 0.2) is 46.9 Å². The molecule has 0 bridgehead atoms. The van der Waals surface area contributed by atoms with Crippen LogP contribution in [-0.4, -0.2) is 5.78 Å². The monoisotopic (exact) mass is 346 g/mol. The average Bonchev–Trinajstić information content (AvgIpc) is 2.37. The summed E-state index contributed by atoms with van der Waals surface area (Å²) < 4.78 is 51.7. The van der Waals surface area contributed by atoms with Crippen LogP contribution in [0.25, 0.3) is 0 Å². The van der Waals surface area contributed by atoms with Crippen molar-refractivity contribution in [3.8, 4) is 0 Å². The van der Waals surface area contributed by atoms with Gasteiger partial charge in [0.15, 0.2) is 5.78 Å². The van der Waals surface area contributed by atoms with Gasteiger partial charge in [0.2, 0.25) is 0 Å². The second-order valence-corrected chi connectivity index (χ2v) is 4.85. The molecule has 2 rings (SSSR count). The number of hydrogen-bond donors (Lipinski definition) is 0. The summed E-state index contributed by atoms with van der Waals surface area (Å²) in [4.78, 5) is 12.2. The molecular weight excluding hydrogens is 340 g/mol. The van der Waals surface area contributed by atoms with Gasteiger partial charge in [-0.05, 0) is 40.2 Å². The van der Waals surface area contributed by atoms with Crippen LogP contribution in [0, 0.1) is 5.82 Å². The normalized spacial score (nSPS) is 11.4. The summed E-state index contributed by atoms with van der Waals surface area (Å²) in [5.41, 5.74) is -1.50. The second kappa shape index (κ2) is 5.36. The molecule has 0 N–H and O–H groups in total. The third-order valence-electron chi connectivity index (χ3n) is 2.65. The lowest BCUT2D eigenvalue weighted by Gasteiger charge is -2.12. The zero-order chi connectivity index (χ0) is 14.9. The largest absolute Gasteiger partial charge is 0.417 e. The minimum atomic E-state index is -4.63. The fourth-order valence-electron chi connectivity index (χ4n) is 1.75. The SMILES string of the molecule is O=C(c1ccc(F)cc1Br)c1ccccc1C(F)(F)F. The lowest BCUT2D eigenvalue weighted by atomic mass is 9.98. The Labute approximate surface area is 120 Å². The number of carbonyl (C=O) groups is 1. The van der Waals surface area contributed by atoms with Crippen molar-refractivity contribution >= 4 is 21.7 Å². The van der Waals surface area contributed by atoms with E-state index < -0.39 is 28.9 Å². The van der Waals surface area contributed by atoms with Gasteiger partial charge in [0.1, 0.15) is 5.82 Å². The Balaban J connectivity index is 2.55. The van der Waals surface area contributed by atoms with Crippen LogP contribution in [0.3, 0.4) is 0 Å². The summed E-state index contributed by atoms with van der Waals surface area (Å²) in [6, 6.07) is 7.69. The van der Waals surface area contributed by atoms with Crippen LogP contribution >= 0.6 is 15.9 Å². The van der Waals surface area contributed by atoms with E-state index in [1.54, 1.807) is 0 Å². The molecule has 20 heavy (non-hydrogen) atoms. The van der Waals surface area contributed by atoms with Crippen molar-refractivity contribution in [3.05, 3.63) is 69.4 Å². The predicted molar refractivity (Wildman–Crippen MR) is 69.0 cm³/mol. The standard InChI is InChI=1S/C14H7BrF4O/c15-12-7-8(16)5-6-10(12)13(20)9-3-1-2-4-11(9)14(17,18)19/h1-7H. The molecule has 0 unspecified atom stereocenters. The molecule has 0 radical (unpaired) electrons. The van der Waals surface area contributed by atoms with Gasteiger partial charge in [-0.15, -0.1) is 0 Å². The first kappa shape index (κ1) is 14.7. The Morgan fingerprint density at radius 1 is 1.00 bits per heavy atom. The Kier molecular flexibility index (Phi) is 3.94. The van der Waals surface area contributed by atoms with Gasteiger partial charge in [-0.2, -0.15) is 13.2 Å². The fraction of sp³-hybridized carbons (Fsp3) is 0.0714. The quantitative estimate of drug-likeness (QED) is 0.561. The zero-order valence-corrected chi connectivity index (χ0v) is 11.4. The molecule has 0 amide bonds. The third-order valence-corrected chi connectivity index (χ3v) is 3.31. The fourth-order valence-corrected chi connectivity index (χ4v) is 2.28. The van der Waals surface area contributed by atoms with E-state index >= 15 is 0 Å². The molecule has 0 aliphatic rings. The van der Waals surface area contributed by atoms with Gasteiger partial charge in [0.25, 0.3) is 0 Å². The average molecular weight is 347 g/mol. The van der Waals surface area contributed by atoms with Crippen LogP contribution in [-0.2, 0) is 6.18 Å². The first-order valence-electron chi connectivity index (χ1n) is 5.46. The van der Waals surface area contributed by atoms with Crippen LogP contribution in [0.2, 0.25) is 0 Å². The van der Waals surface area contributed by atoms with Crippen LogP contribution in [0.5, 0.6) is 0 Å². The Morgan fingerprint density at radius 2 is 1.65 bits per heavy atom. The number of benzene rings is 2. The van der Waals surface area contributed by atoms with Crippen molar-refractivity contribution in [2.24, 2.45) is 0 Å². The molecule has 0 saturated heterocycles. The van der Waals surface area contributed by atoms with Gasteiger partial charge in [-0.3, -0.25) is 4.79 Å². The molecule has 0 aliphatic carbocycles. The van der Waals surface area contributed by atoms with E-state index in [0.29, 0.717) is 0 Å². The molecule has 2 aromatic carbocycles. The zero-order valence-electron chi connectivity index (χ0n) is 9.84. The summed E-state index contributed by atoms with van der Waals surface area (Å²) in [6.45, 7) is 0. The molecule has 0 aromatic heterocycles. The van der Waals surface area contributed by atoms with E-state index in [0.717, 1.165) is 30.3 Å². The van der Waals surface area contributed by atoms with Crippen LogP contribution in [0.1, 0.15) is 21.5 Å². The number of halogens is 5. The first-order chi connectivity index (χ1) is 9.30. The highest BCUT2D eigenvalue weighted by molar-refractivity contribution is 9.10. The highest BCUT2D eigenvalue weighted by Gasteiger charge is 2.35. The Hall–Kier alpha value is -1.69. The maximum absolute atomic E-state index is 13.0. The minimum Gasteiger partial charge on any atom is -0.289 e. The molecule has 0 aliphatic heterocycles. The van der Waals surface area contributed by atoms with Gasteiger partial charge >= 0.3 is 6.18 Å². The maximum Gasteiger partial charge on any atom is 0.417 e. The lowest BCUT2D eigenvalue weighted by Crippen LogP contribution is -2.14.